The SMILES string of the molecule is O=C(Oc1ccc(Br)cc1C=NN1C(=O)[C@@H]2[C@H](C1=O)[C@H]1C=C[C@H]2C1)c1ccccc1. The Morgan fingerprint density at radius 3 is 2.37 bits per heavy atom. The number of hydrogen-bond acceptors (Lipinski definition) is 5. The number of amides is 2. The predicted octanol–water partition coefficient (Wildman–Crippen LogP) is 3.81. The molecule has 2 aromatic rings. The van der Waals surface area contributed by atoms with Gasteiger partial charge in [0.2, 0.25) is 0 Å². The minimum atomic E-state index is -0.502. The molecule has 0 spiro atoms. The van der Waals surface area contributed by atoms with E-state index in [4.69, 9.17) is 4.74 Å². The lowest BCUT2D eigenvalue weighted by Gasteiger charge is -2.13. The van der Waals surface area contributed by atoms with Crippen LogP contribution in [0.4, 0.5) is 0 Å². The second-order valence-electron chi connectivity index (χ2n) is 7.67. The summed E-state index contributed by atoms with van der Waals surface area (Å²) in [6, 6.07) is 13.7. The molecule has 5 rings (SSSR count). The lowest BCUT2D eigenvalue weighted by Crippen LogP contribution is -2.28. The molecular formula is C23H17BrN2O4. The molecule has 2 fully saturated rings. The fourth-order valence-electron chi connectivity index (χ4n) is 4.57. The summed E-state index contributed by atoms with van der Waals surface area (Å²) in [6.45, 7) is 0. The van der Waals surface area contributed by atoms with E-state index in [0.29, 0.717) is 11.1 Å². The van der Waals surface area contributed by atoms with E-state index >= 15 is 0 Å². The number of benzene rings is 2. The van der Waals surface area contributed by atoms with Crippen LogP contribution < -0.4 is 4.74 Å². The molecule has 4 atom stereocenters. The van der Waals surface area contributed by atoms with Gasteiger partial charge in [-0.25, -0.2) is 4.79 Å². The van der Waals surface area contributed by atoms with Gasteiger partial charge in [-0.15, -0.1) is 0 Å². The zero-order valence-corrected chi connectivity index (χ0v) is 17.4. The number of rotatable bonds is 4. The Morgan fingerprint density at radius 1 is 1.03 bits per heavy atom. The molecule has 150 valence electrons. The second-order valence-corrected chi connectivity index (χ2v) is 8.59. The highest BCUT2D eigenvalue weighted by Gasteiger charge is 2.59. The number of hydrogen-bond donors (Lipinski definition) is 0. The number of halogens is 1. The topological polar surface area (TPSA) is 76.0 Å². The lowest BCUT2D eigenvalue weighted by molar-refractivity contribution is -0.140. The van der Waals surface area contributed by atoms with Gasteiger partial charge in [-0.1, -0.05) is 46.3 Å². The predicted molar refractivity (Wildman–Crippen MR) is 113 cm³/mol. The number of nitrogens with zero attached hydrogens (tertiary/aromatic N) is 2. The Bertz CT molecular complexity index is 1080. The summed E-state index contributed by atoms with van der Waals surface area (Å²) in [5.74, 6) is -1.07. The first-order valence-corrected chi connectivity index (χ1v) is 10.5. The fourth-order valence-corrected chi connectivity index (χ4v) is 4.95. The minimum Gasteiger partial charge on any atom is -0.422 e. The summed E-state index contributed by atoms with van der Waals surface area (Å²) in [5.41, 5.74) is 0.899. The Hall–Kier alpha value is -3.06. The van der Waals surface area contributed by atoms with E-state index in [2.05, 4.69) is 21.0 Å². The van der Waals surface area contributed by atoms with Crippen LogP contribution >= 0.6 is 15.9 Å². The van der Waals surface area contributed by atoms with Gasteiger partial charge in [0.05, 0.1) is 23.6 Å². The number of hydrazone groups is 1. The number of ether oxygens (including phenoxy) is 1. The summed E-state index contributed by atoms with van der Waals surface area (Å²) in [6.07, 6.45) is 6.35. The quantitative estimate of drug-likeness (QED) is 0.226. The van der Waals surface area contributed by atoms with Gasteiger partial charge in [-0.2, -0.15) is 10.1 Å². The van der Waals surface area contributed by atoms with E-state index < -0.39 is 5.97 Å². The molecule has 30 heavy (non-hydrogen) atoms. The van der Waals surface area contributed by atoms with E-state index in [9.17, 15) is 14.4 Å². The molecule has 2 bridgehead atoms. The first-order valence-electron chi connectivity index (χ1n) is 9.70. The summed E-state index contributed by atoms with van der Waals surface area (Å²) in [4.78, 5) is 38.0. The van der Waals surface area contributed by atoms with E-state index in [1.807, 2.05) is 18.2 Å². The second kappa shape index (κ2) is 7.32. The maximum atomic E-state index is 12.8. The summed E-state index contributed by atoms with van der Waals surface area (Å²) in [7, 11) is 0. The number of imide groups is 1. The smallest absolute Gasteiger partial charge is 0.343 e. The average Bonchev–Trinajstić information content (AvgIpc) is 3.43. The summed E-state index contributed by atoms with van der Waals surface area (Å²) >= 11 is 3.39. The third kappa shape index (κ3) is 3.10. The van der Waals surface area contributed by atoms with Crippen molar-refractivity contribution >= 4 is 39.9 Å². The normalized spacial score (nSPS) is 26.6. The van der Waals surface area contributed by atoms with Crippen LogP contribution in [0, 0.1) is 23.7 Å². The van der Waals surface area contributed by atoms with Gasteiger partial charge in [0.25, 0.3) is 11.8 Å². The van der Waals surface area contributed by atoms with Crippen LogP contribution in [0.2, 0.25) is 0 Å². The van der Waals surface area contributed by atoms with Crippen molar-refractivity contribution in [3.8, 4) is 5.75 Å². The molecule has 2 aromatic carbocycles. The van der Waals surface area contributed by atoms with Crippen molar-refractivity contribution in [3.63, 3.8) is 0 Å². The van der Waals surface area contributed by atoms with Crippen LogP contribution in [0.1, 0.15) is 22.3 Å². The van der Waals surface area contributed by atoms with Gasteiger partial charge in [-0.05, 0) is 48.6 Å². The standard InChI is InChI=1S/C23H17BrN2O4/c24-17-8-9-18(30-23(29)13-4-2-1-3-5-13)16(11-17)12-25-26-21(27)19-14-6-7-15(10-14)20(19)22(26)28/h1-9,11-12,14-15,19-20H,10H2/t14-,15-,19-,20+/m0/s1. The highest BCUT2D eigenvalue weighted by Crippen LogP contribution is 2.52. The van der Waals surface area contributed by atoms with E-state index in [0.717, 1.165) is 15.9 Å². The van der Waals surface area contributed by atoms with Crippen molar-refractivity contribution in [3.05, 3.63) is 76.3 Å². The van der Waals surface area contributed by atoms with Crippen LogP contribution in [-0.2, 0) is 9.59 Å². The van der Waals surface area contributed by atoms with Crippen molar-refractivity contribution in [1.29, 1.82) is 0 Å². The maximum absolute atomic E-state index is 12.8. The summed E-state index contributed by atoms with van der Waals surface area (Å²) < 4.78 is 6.28. The van der Waals surface area contributed by atoms with Crippen molar-refractivity contribution in [1.82, 2.24) is 5.01 Å². The molecule has 0 N–H and O–H groups in total. The molecule has 1 saturated heterocycles. The monoisotopic (exact) mass is 464 g/mol. The van der Waals surface area contributed by atoms with Gasteiger partial charge in [0.1, 0.15) is 5.75 Å². The Morgan fingerprint density at radius 2 is 1.70 bits per heavy atom. The van der Waals surface area contributed by atoms with Crippen LogP contribution in [-0.4, -0.2) is 29.0 Å². The largest absolute Gasteiger partial charge is 0.422 e. The Balaban J connectivity index is 1.39. The molecule has 0 aromatic heterocycles. The van der Waals surface area contributed by atoms with Gasteiger partial charge >= 0.3 is 5.97 Å². The van der Waals surface area contributed by atoms with Crippen molar-refractivity contribution in [2.24, 2.45) is 28.8 Å². The van der Waals surface area contributed by atoms with Gasteiger partial charge in [0, 0.05) is 10.0 Å². The molecule has 2 aliphatic carbocycles. The van der Waals surface area contributed by atoms with Crippen molar-refractivity contribution < 1.29 is 19.1 Å². The molecule has 1 saturated carbocycles. The van der Waals surface area contributed by atoms with Gasteiger partial charge in [-0.3, -0.25) is 9.59 Å². The fraction of sp³-hybridized carbons (Fsp3) is 0.217. The molecule has 7 heteroatoms. The van der Waals surface area contributed by atoms with Crippen molar-refractivity contribution in [2.75, 3.05) is 0 Å². The molecule has 1 heterocycles. The van der Waals surface area contributed by atoms with Crippen molar-refractivity contribution in [2.45, 2.75) is 6.42 Å². The third-order valence-electron chi connectivity index (χ3n) is 5.94. The maximum Gasteiger partial charge on any atom is 0.343 e. The van der Waals surface area contributed by atoms with Gasteiger partial charge in [0.15, 0.2) is 0 Å². The average molecular weight is 465 g/mol. The highest BCUT2D eigenvalue weighted by molar-refractivity contribution is 9.10. The third-order valence-corrected chi connectivity index (χ3v) is 6.44. The van der Waals surface area contributed by atoms with E-state index in [-0.39, 0.29) is 41.2 Å². The lowest BCUT2D eigenvalue weighted by atomic mass is 9.85. The van der Waals surface area contributed by atoms with Crippen LogP contribution in [0.15, 0.2) is 70.3 Å². The van der Waals surface area contributed by atoms with Crippen LogP contribution in [0.25, 0.3) is 0 Å². The molecule has 3 aliphatic rings. The Kier molecular flexibility index (Phi) is 4.62. The highest BCUT2D eigenvalue weighted by atomic mass is 79.9. The Labute approximate surface area is 181 Å². The van der Waals surface area contributed by atoms with E-state index in [1.165, 1.54) is 6.21 Å². The van der Waals surface area contributed by atoms with Gasteiger partial charge < -0.3 is 4.74 Å². The number of carbonyl (C=O) groups excluding carboxylic acids is 3. The number of carbonyl (C=O) groups is 3. The summed E-state index contributed by atoms with van der Waals surface area (Å²) in [5, 5.41) is 5.16. The molecule has 0 unspecified atom stereocenters. The molecule has 2 amide bonds. The number of esters is 1. The number of allylic oxidation sites excluding steroid dienone is 2. The van der Waals surface area contributed by atoms with E-state index in [1.54, 1.807) is 42.5 Å². The van der Waals surface area contributed by atoms with Crippen LogP contribution in [0.3, 0.4) is 0 Å². The molecule has 6 nitrogen and oxygen atoms in total. The van der Waals surface area contributed by atoms with Crippen LogP contribution in [0.5, 0.6) is 5.75 Å². The minimum absolute atomic E-state index is 0.130. The first-order chi connectivity index (χ1) is 14.5. The number of fused-ring (bicyclic) bond motifs is 5. The molecular weight excluding hydrogens is 448 g/mol. The molecule has 1 aliphatic heterocycles. The zero-order chi connectivity index (χ0) is 20.8. The zero-order valence-electron chi connectivity index (χ0n) is 15.8. The first kappa shape index (κ1) is 18.9. The molecule has 0 radical (unpaired) electrons.